The van der Waals surface area contributed by atoms with E-state index in [1.807, 2.05) is 47.4 Å². The largest absolute Gasteiger partial charge is 0.356 e. The molecule has 2 aromatic carbocycles. The van der Waals surface area contributed by atoms with Gasteiger partial charge in [-0.2, -0.15) is 0 Å². The summed E-state index contributed by atoms with van der Waals surface area (Å²) < 4.78 is 0. The van der Waals surface area contributed by atoms with E-state index in [1.54, 1.807) is 7.05 Å². The van der Waals surface area contributed by atoms with Crippen LogP contribution in [0.4, 0.5) is 0 Å². The van der Waals surface area contributed by atoms with Gasteiger partial charge in [-0.15, -0.1) is 0 Å². The first-order valence-corrected chi connectivity index (χ1v) is 10.5. The lowest BCUT2D eigenvalue weighted by molar-refractivity contribution is -0.127. The number of amides is 1. The van der Waals surface area contributed by atoms with Crippen molar-refractivity contribution in [1.82, 2.24) is 15.5 Å². The smallest absolute Gasteiger partial charge is 0.223 e. The molecule has 1 heterocycles. The Morgan fingerprint density at radius 1 is 1.10 bits per heavy atom. The SMILES string of the molecule is CN=C(NCCc1ccccc1Cl)NCC1CC(=O)N(CCc2ccccc2)C1. The van der Waals surface area contributed by atoms with Crippen LogP contribution in [0.15, 0.2) is 59.6 Å². The van der Waals surface area contributed by atoms with E-state index >= 15 is 0 Å². The van der Waals surface area contributed by atoms with Crippen LogP contribution in [0.2, 0.25) is 5.02 Å². The standard InChI is InChI=1S/C23H29ClN4O/c1-25-23(26-13-11-20-9-5-6-10-21(20)24)27-16-19-15-22(29)28(17-19)14-12-18-7-3-2-4-8-18/h2-10,19H,11-17H2,1H3,(H2,25,26,27). The van der Waals surface area contributed by atoms with Crippen LogP contribution in [0.1, 0.15) is 17.5 Å². The van der Waals surface area contributed by atoms with E-state index < -0.39 is 0 Å². The molecule has 1 saturated heterocycles. The highest BCUT2D eigenvalue weighted by Crippen LogP contribution is 2.18. The van der Waals surface area contributed by atoms with Crippen molar-refractivity contribution < 1.29 is 4.79 Å². The monoisotopic (exact) mass is 412 g/mol. The van der Waals surface area contributed by atoms with Crippen LogP contribution >= 0.6 is 11.6 Å². The van der Waals surface area contributed by atoms with Crippen LogP contribution in [-0.4, -0.2) is 50.0 Å². The van der Waals surface area contributed by atoms with Gasteiger partial charge in [-0.3, -0.25) is 9.79 Å². The summed E-state index contributed by atoms with van der Waals surface area (Å²) in [6.45, 7) is 3.06. The van der Waals surface area contributed by atoms with Crippen LogP contribution in [0.5, 0.6) is 0 Å². The highest BCUT2D eigenvalue weighted by Gasteiger charge is 2.29. The molecule has 1 fully saturated rings. The Balaban J connectivity index is 1.38. The minimum atomic E-state index is 0.245. The molecule has 0 saturated carbocycles. The van der Waals surface area contributed by atoms with Crippen molar-refractivity contribution >= 4 is 23.5 Å². The van der Waals surface area contributed by atoms with E-state index in [1.165, 1.54) is 5.56 Å². The summed E-state index contributed by atoms with van der Waals surface area (Å²) in [6, 6.07) is 18.2. The number of nitrogens with one attached hydrogen (secondary N) is 2. The van der Waals surface area contributed by atoms with Crippen molar-refractivity contribution in [1.29, 1.82) is 0 Å². The number of rotatable bonds is 8. The number of guanidine groups is 1. The number of carbonyl (C=O) groups is 1. The van der Waals surface area contributed by atoms with Gasteiger partial charge in [-0.1, -0.05) is 60.1 Å². The third-order valence-electron chi connectivity index (χ3n) is 5.23. The van der Waals surface area contributed by atoms with Crippen LogP contribution < -0.4 is 10.6 Å². The molecule has 0 radical (unpaired) electrons. The van der Waals surface area contributed by atoms with Gasteiger partial charge in [0, 0.05) is 50.6 Å². The lowest BCUT2D eigenvalue weighted by Crippen LogP contribution is -2.41. The zero-order valence-electron chi connectivity index (χ0n) is 16.9. The second-order valence-corrected chi connectivity index (χ2v) is 7.77. The number of hydrogen-bond acceptors (Lipinski definition) is 2. The van der Waals surface area contributed by atoms with E-state index in [2.05, 4.69) is 27.8 Å². The number of carbonyl (C=O) groups excluding carboxylic acids is 1. The Hall–Kier alpha value is -2.53. The van der Waals surface area contributed by atoms with Gasteiger partial charge in [0.15, 0.2) is 5.96 Å². The summed E-state index contributed by atoms with van der Waals surface area (Å²) in [5.41, 5.74) is 2.39. The number of benzene rings is 2. The fourth-order valence-corrected chi connectivity index (χ4v) is 3.82. The first kappa shape index (κ1) is 21.2. The molecule has 2 aromatic rings. The molecule has 3 rings (SSSR count). The Bertz CT molecular complexity index is 825. The summed E-state index contributed by atoms with van der Waals surface area (Å²) in [7, 11) is 1.76. The normalized spacial score (nSPS) is 16.9. The minimum Gasteiger partial charge on any atom is -0.356 e. The molecule has 0 aromatic heterocycles. The molecule has 5 nitrogen and oxygen atoms in total. The van der Waals surface area contributed by atoms with Crippen molar-refractivity contribution in [3.05, 3.63) is 70.7 Å². The van der Waals surface area contributed by atoms with E-state index in [4.69, 9.17) is 11.6 Å². The summed E-state index contributed by atoms with van der Waals surface area (Å²) in [6.07, 6.45) is 2.33. The summed E-state index contributed by atoms with van der Waals surface area (Å²) in [5, 5.41) is 7.46. The highest BCUT2D eigenvalue weighted by atomic mass is 35.5. The van der Waals surface area contributed by atoms with Gasteiger partial charge in [0.2, 0.25) is 5.91 Å². The number of likely N-dealkylation sites (tertiary alicyclic amines) is 1. The van der Waals surface area contributed by atoms with Gasteiger partial charge < -0.3 is 15.5 Å². The van der Waals surface area contributed by atoms with Crippen molar-refractivity contribution in [2.24, 2.45) is 10.9 Å². The van der Waals surface area contributed by atoms with Gasteiger partial charge in [0.25, 0.3) is 0 Å². The third kappa shape index (κ3) is 6.50. The minimum absolute atomic E-state index is 0.245. The summed E-state index contributed by atoms with van der Waals surface area (Å²) in [4.78, 5) is 18.6. The Morgan fingerprint density at radius 2 is 1.86 bits per heavy atom. The number of halogens is 1. The van der Waals surface area contributed by atoms with Crippen molar-refractivity contribution in [3.8, 4) is 0 Å². The molecular weight excluding hydrogens is 384 g/mol. The number of hydrogen-bond donors (Lipinski definition) is 2. The predicted octanol–water partition coefficient (Wildman–Crippen LogP) is 3.14. The fourth-order valence-electron chi connectivity index (χ4n) is 3.59. The van der Waals surface area contributed by atoms with Crippen LogP contribution in [-0.2, 0) is 17.6 Å². The fraction of sp³-hybridized carbons (Fsp3) is 0.391. The van der Waals surface area contributed by atoms with E-state index in [0.717, 1.165) is 55.6 Å². The van der Waals surface area contributed by atoms with Crippen LogP contribution in [0, 0.1) is 5.92 Å². The quantitative estimate of drug-likeness (QED) is 0.517. The molecule has 2 N–H and O–H groups in total. The van der Waals surface area contributed by atoms with Crippen molar-refractivity contribution in [3.63, 3.8) is 0 Å². The molecule has 154 valence electrons. The van der Waals surface area contributed by atoms with Crippen molar-refractivity contribution in [2.45, 2.75) is 19.3 Å². The van der Waals surface area contributed by atoms with Crippen molar-refractivity contribution in [2.75, 3.05) is 33.2 Å². The Kier molecular flexibility index (Phi) is 7.94. The van der Waals surface area contributed by atoms with Gasteiger partial charge in [-0.25, -0.2) is 0 Å². The van der Waals surface area contributed by atoms with Gasteiger partial charge in [0.1, 0.15) is 0 Å². The first-order valence-electron chi connectivity index (χ1n) is 10.2. The maximum atomic E-state index is 12.3. The average Bonchev–Trinajstić information content (AvgIpc) is 3.10. The van der Waals surface area contributed by atoms with Gasteiger partial charge in [-0.05, 0) is 30.0 Å². The molecule has 1 unspecified atom stereocenters. The molecule has 0 bridgehead atoms. The maximum Gasteiger partial charge on any atom is 0.223 e. The van der Waals surface area contributed by atoms with E-state index in [0.29, 0.717) is 12.3 Å². The molecule has 1 amide bonds. The average molecular weight is 413 g/mol. The molecule has 1 atom stereocenters. The second-order valence-electron chi connectivity index (χ2n) is 7.37. The first-order chi connectivity index (χ1) is 14.2. The summed E-state index contributed by atoms with van der Waals surface area (Å²) in [5.74, 6) is 1.31. The topological polar surface area (TPSA) is 56.7 Å². The van der Waals surface area contributed by atoms with E-state index in [-0.39, 0.29) is 5.91 Å². The third-order valence-corrected chi connectivity index (χ3v) is 5.60. The highest BCUT2D eigenvalue weighted by molar-refractivity contribution is 6.31. The molecule has 1 aliphatic heterocycles. The molecule has 29 heavy (non-hydrogen) atoms. The zero-order chi connectivity index (χ0) is 20.5. The number of aliphatic imine (C=N–C) groups is 1. The maximum absolute atomic E-state index is 12.3. The molecule has 6 heteroatoms. The lowest BCUT2D eigenvalue weighted by atomic mass is 10.1. The van der Waals surface area contributed by atoms with Gasteiger partial charge >= 0.3 is 0 Å². The number of nitrogens with zero attached hydrogens (tertiary/aromatic N) is 2. The van der Waals surface area contributed by atoms with Crippen LogP contribution in [0.25, 0.3) is 0 Å². The molecule has 0 spiro atoms. The molecule has 0 aliphatic carbocycles. The molecular formula is C23H29ClN4O. The second kappa shape index (κ2) is 10.9. The van der Waals surface area contributed by atoms with Gasteiger partial charge in [0.05, 0.1) is 0 Å². The predicted molar refractivity (Wildman–Crippen MR) is 119 cm³/mol. The Morgan fingerprint density at radius 3 is 2.62 bits per heavy atom. The zero-order valence-corrected chi connectivity index (χ0v) is 17.7. The summed E-state index contributed by atoms with van der Waals surface area (Å²) >= 11 is 6.20. The molecule has 1 aliphatic rings. The van der Waals surface area contributed by atoms with E-state index in [9.17, 15) is 4.79 Å². The Labute approximate surface area is 178 Å². The lowest BCUT2D eigenvalue weighted by Gasteiger charge is -2.18. The van der Waals surface area contributed by atoms with Crippen LogP contribution in [0.3, 0.4) is 0 Å².